The van der Waals surface area contributed by atoms with Gasteiger partial charge in [0.2, 0.25) is 0 Å². The average Bonchev–Trinajstić information content (AvgIpc) is 2.84. The maximum atomic E-state index is 2.28. The van der Waals surface area contributed by atoms with Crippen LogP contribution in [0.4, 0.5) is 0 Å². The van der Waals surface area contributed by atoms with Crippen molar-refractivity contribution in [2.24, 2.45) is 0 Å². The zero-order valence-corrected chi connectivity index (χ0v) is 18.0. The number of hydrogen-bond donors (Lipinski definition) is 0. The summed E-state index contributed by atoms with van der Waals surface area (Å²) in [5, 5.41) is 2.55. The van der Waals surface area contributed by atoms with Gasteiger partial charge < -0.3 is 0 Å². The molecule has 0 amide bonds. The molecule has 0 saturated carbocycles. The third kappa shape index (κ3) is 3.66. The minimum absolute atomic E-state index is 0.531. The van der Waals surface area contributed by atoms with Crippen LogP contribution >= 0.6 is 0 Å². The normalized spacial score (nSPS) is 11.2. The fourth-order valence-electron chi connectivity index (χ4n) is 4.42. The summed E-state index contributed by atoms with van der Waals surface area (Å²) < 4.78 is 0. The van der Waals surface area contributed by atoms with Crippen molar-refractivity contribution in [3.8, 4) is 33.4 Å². The molecule has 0 N–H and O–H groups in total. The highest BCUT2D eigenvalue weighted by Gasteiger charge is 2.15. The summed E-state index contributed by atoms with van der Waals surface area (Å²) >= 11 is 0. The quantitative estimate of drug-likeness (QED) is 0.283. The Hall–Kier alpha value is -3.64. The van der Waals surface area contributed by atoms with E-state index in [1.165, 1.54) is 49.7 Å². The monoisotopic (exact) mass is 398 g/mol. The highest BCUT2D eigenvalue weighted by atomic mass is 14.2. The van der Waals surface area contributed by atoms with E-state index in [9.17, 15) is 0 Å². The second-order valence-electron chi connectivity index (χ2n) is 8.40. The Kier molecular flexibility index (Phi) is 5.14. The van der Waals surface area contributed by atoms with E-state index in [0.717, 1.165) is 0 Å². The standard InChI is InChI=1S/C31H26/c1-22(2)23-16-18-26(19-17-23)29-21-20-25-12-6-7-14-28(25)31(29)30-15-9-8-13-27(30)24-10-4-3-5-11-24/h3-22H,1-2H3. The molecular formula is C31H26. The second-order valence-corrected chi connectivity index (χ2v) is 8.40. The van der Waals surface area contributed by atoms with Gasteiger partial charge in [0.25, 0.3) is 0 Å². The van der Waals surface area contributed by atoms with Crippen molar-refractivity contribution in [2.75, 3.05) is 0 Å². The van der Waals surface area contributed by atoms with Gasteiger partial charge in [0.05, 0.1) is 0 Å². The van der Waals surface area contributed by atoms with Crippen LogP contribution in [-0.2, 0) is 0 Å². The fraction of sp³-hybridized carbons (Fsp3) is 0.0968. The molecule has 0 heteroatoms. The van der Waals surface area contributed by atoms with Crippen LogP contribution in [0.5, 0.6) is 0 Å². The zero-order valence-electron chi connectivity index (χ0n) is 18.0. The van der Waals surface area contributed by atoms with Crippen LogP contribution in [0.1, 0.15) is 25.3 Å². The van der Waals surface area contributed by atoms with Gasteiger partial charge in [-0.1, -0.05) is 129 Å². The van der Waals surface area contributed by atoms with Crippen molar-refractivity contribution in [3.63, 3.8) is 0 Å². The van der Waals surface area contributed by atoms with E-state index in [-0.39, 0.29) is 0 Å². The van der Waals surface area contributed by atoms with Gasteiger partial charge in [-0.2, -0.15) is 0 Å². The fourth-order valence-corrected chi connectivity index (χ4v) is 4.42. The Bertz CT molecular complexity index is 1330. The van der Waals surface area contributed by atoms with E-state index in [4.69, 9.17) is 0 Å². The van der Waals surface area contributed by atoms with Crippen LogP contribution in [0.15, 0.2) is 115 Å². The van der Waals surface area contributed by atoms with E-state index in [0.29, 0.717) is 5.92 Å². The van der Waals surface area contributed by atoms with E-state index in [2.05, 4.69) is 129 Å². The molecule has 0 atom stereocenters. The smallest absolute Gasteiger partial charge is 0.00206 e. The molecule has 0 bridgehead atoms. The Morgan fingerprint density at radius 2 is 1.06 bits per heavy atom. The summed E-state index contributed by atoms with van der Waals surface area (Å²) in [5.41, 5.74) is 8.98. The molecule has 31 heavy (non-hydrogen) atoms. The average molecular weight is 399 g/mol. The summed E-state index contributed by atoms with van der Waals surface area (Å²) in [4.78, 5) is 0. The van der Waals surface area contributed by atoms with E-state index >= 15 is 0 Å². The lowest BCUT2D eigenvalue weighted by Gasteiger charge is -2.18. The van der Waals surface area contributed by atoms with Crippen molar-refractivity contribution in [3.05, 3.63) is 121 Å². The number of hydrogen-bond acceptors (Lipinski definition) is 0. The van der Waals surface area contributed by atoms with E-state index in [1.807, 2.05) is 0 Å². The van der Waals surface area contributed by atoms with Crippen LogP contribution in [-0.4, -0.2) is 0 Å². The summed E-state index contributed by atoms with van der Waals surface area (Å²) in [7, 11) is 0. The first-order valence-electron chi connectivity index (χ1n) is 11.0. The first-order chi connectivity index (χ1) is 15.2. The second kappa shape index (κ2) is 8.24. The zero-order chi connectivity index (χ0) is 21.2. The first-order valence-corrected chi connectivity index (χ1v) is 11.0. The topological polar surface area (TPSA) is 0 Å². The lowest BCUT2D eigenvalue weighted by molar-refractivity contribution is 0.867. The molecule has 0 fully saturated rings. The Balaban J connectivity index is 1.80. The SMILES string of the molecule is CC(C)c1ccc(-c2ccc3ccccc3c2-c2ccccc2-c2ccccc2)cc1. The first kappa shape index (κ1) is 19.3. The van der Waals surface area contributed by atoms with E-state index in [1.54, 1.807) is 0 Å². The minimum Gasteiger partial charge on any atom is -0.0622 e. The lowest BCUT2D eigenvalue weighted by Crippen LogP contribution is -1.92. The number of benzene rings is 5. The molecule has 0 saturated heterocycles. The van der Waals surface area contributed by atoms with Crippen molar-refractivity contribution in [1.29, 1.82) is 0 Å². The number of fused-ring (bicyclic) bond motifs is 1. The van der Waals surface area contributed by atoms with Crippen molar-refractivity contribution in [1.82, 2.24) is 0 Å². The Morgan fingerprint density at radius 3 is 1.81 bits per heavy atom. The predicted molar refractivity (Wildman–Crippen MR) is 134 cm³/mol. The lowest BCUT2D eigenvalue weighted by atomic mass is 9.85. The molecule has 0 aliphatic rings. The van der Waals surface area contributed by atoms with Crippen molar-refractivity contribution >= 4 is 10.8 Å². The summed E-state index contributed by atoms with van der Waals surface area (Å²) in [6.45, 7) is 4.49. The molecule has 0 aliphatic carbocycles. The predicted octanol–water partition coefficient (Wildman–Crippen LogP) is 8.96. The molecule has 5 rings (SSSR count). The van der Waals surface area contributed by atoms with Crippen molar-refractivity contribution in [2.45, 2.75) is 19.8 Å². The maximum absolute atomic E-state index is 2.28. The highest BCUT2D eigenvalue weighted by molar-refractivity contribution is 6.07. The van der Waals surface area contributed by atoms with Gasteiger partial charge in [0.1, 0.15) is 0 Å². The molecule has 0 unspecified atom stereocenters. The van der Waals surface area contributed by atoms with Gasteiger partial charge in [-0.25, -0.2) is 0 Å². The summed E-state index contributed by atoms with van der Waals surface area (Å²) in [6, 6.07) is 41.8. The third-order valence-corrected chi connectivity index (χ3v) is 6.10. The summed E-state index contributed by atoms with van der Waals surface area (Å²) in [5.74, 6) is 0.531. The van der Waals surface area contributed by atoms with Crippen LogP contribution < -0.4 is 0 Å². The molecule has 0 aliphatic heterocycles. The number of rotatable bonds is 4. The van der Waals surface area contributed by atoms with E-state index < -0.39 is 0 Å². The van der Waals surface area contributed by atoms with Gasteiger partial charge in [0, 0.05) is 0 Å². The molecule has 5 aromatic rings. The molecular weight excluding hydrogens is 372 g/mol. The molecule has 0 radical (unpaired) electrons. The van der Waals surface area contributed by atoms with Gasteiger partial charge in [-0.15, -0.1) is 0 Å². The molecule has 0 spiro atoms. The molecule has 0 nitrogen and oxygen atoms in total. The Morgan fingerprint density at radius 1 is 0.452 bits per heavy atom. The maximum Gasteiger partial charge on any atom is -0.00206 e. The van der Waals surface area contributed by atoms with Crippen LogP contribution in [0.2, 0.25) is 0 Å². The van der Waals surface area contributed by atoms with Gasteiger partial charge in [0.15, 0.2) is 0 Å². The third-order valence-electron chi connectivity index (χ3n) is 6.10. The minimum atomic E-state index is 0.531. The molecule has 0 aromatic heterocycles. The van der Waals surface area contributed by atoms with Gasteiger partial charge >= 0.3 is 0 Å². The van der Waals surface area contributed by atoms with Gasteiger partial charge in [-0.05, 0) is 55.6 Å². The van der Waals surface area contributed by atoms with Crippen LogP contribution in [0.25, 0.3) is 44.2 Å². The van der Waals surface area contributed by atoms with Crippen LogP contribution in [0, 0.1) is 0 Å². The van der Waals surface area contributed by atoms with Gasteiger partial charge in [-0.3, -0.25) is 0 Å². The Labute approximate surface area is 184 Å². The van der Waals surface area contributed by atoms with Crippen molar-refractivity contribution < 1.29 is 0 Å². The van der Waals surface area contributed by atoms with Crippen LogP contribution in [0.3, 0.4) is 0 Å². The largest absolute Gasteiger partial charge is 0.0622 e. The molecule has 5 aromatic carbocycles. The molecule has 150 valence electrons. The molecule has 0 heterocycles. The summed E-state index contributed by atoms with van der Waals surface area (Å²) in [6.07, 6.45) is 0. The highest BCUT2D eigenvalue weighted by Crippen LogP contribution is 2.42.